The maximum Gasteiger partial charge on any atom is 0.420 e. The van der Waals surface area contributed by atoms with Gasteiger partial charge in [-0.2, -0.15) is 13.2 Å². The molecule has 3 atom stereocenters. The van der Waals surface area contributed by atoms with Crippen LogP contribution in [0.25, 0.3) is 11.1 Å². The van der Waals surface area contributed by atoms with Crippen LogP contribution in [0.15, 0.2) is 48.5 Å². The molecule has 0 saturated heterocycles. The first-order valence-electron chi connectivity index (χ1n) is 11.2. The van der Waals surface area contributed by atoms with Crippen LogP contribution in [0.3, 0.4) is 0 Å². The summed E-state index contributed by atoms with van der Waals surface area (Å²) in [6.07, 6.45) is -5.98. The minimum atomic E-state index is -5.12. The van der Waals surface area contributed by atoms with E-state index in [4.69, 9.17) is 9.84 Å². The molecule has 0 aliphatic heterocycles. The van der Waals surface area contributed by atoms with Crippen molar-refractivity contribution < 1.29 is 37.4 Å². The number of carboxylic acid groups (broad SMARTS) is 1. The number of ether oxygens (including phenoxy) is 1. The molecule has 2 aromatic carbocycles. The summed E-state index contributed by atoms with van der Waals surface area (Å²) in [5.41, 5.74) is 0.469. The van der Waals surface area contributed by atoms with Gasteiger partial charge in [-0.3, -0.25) is 14.9 Å². The summed E-state index contributed by atoms with van der Waals surface area (Å²) in [7, 11) is 0. The molecular weight excluding hydrogens is 465 g/mol. The van der Waals surface area contributed by atoms with E-state index < -0.39 is 41.6 Å². The Morgan fingerprint density at radius 3 is 2.09 bits per heavy atom. The second-order valence-electron chi connectivity index (χ2n) is 9.09. The molecular formula is C25H25F3N2O5. The Kier molecular flexibility index (Phi) is 6.48. The Morgan fingerprint density at radius 1 is 1.00 bits per heavy atom. The van der Waals surface area contributed by atoms with Crippen LogP contribution < -0.4 is 10.6 Å². The maximum atomic E-state index is 13.9. The lowest BCUT2D eigenvalue weighted by atomic mass is 9.98. The molecule has 186 valence electrons. The number of carbonyl (C=O) groups is 3. The van der Waals surface area contributed by atoms with Gasteiger partial charge in [0, 0.05) is 12.0 Å². The maximum absolute atomic E-state index is 13.9. The molecule has 2 aliphatic carbocycles. The summed E-state index contributed by atoms with van der Waals surface area (Å²) in [5.74, 6) is -3.61. The average Bonchev–Trinajstić information content (AvgIpc) is 3.40. The van der Waals surface area contributed by atoms with E-state index in [1.54, 1.807) is 5.32 Å². The summed E-state index contributed by atoms with van der Waals surface area (Å²) >= 11 is 0. The van der Waals surface area contributed by atoms with Gasteiger partial charge >= 0.3 is 18.2 Å². The smallest absolute Gasteiger partial charge is 0.420 e. The highest BCUT2D eigenvalue weighted by molar-refractivity contribution is 5.91. The van der Waals surface area contributed by atoms with E-state index in [-0.39, 0.29) is 31.8 Å². The van der Waals surface area contributed by atoms with E-state index in [1.807, 2.05) is 48.5 Å². The first kappa shape index (κ1) is 24.6. The van der Waals surface area contributed by atoms with Crippen LogP contribution in [0.1, 0.15) is 43.2 Å². The highest BCUT2D eigenvalue weighted by Gasteiger charge is 2.58. The SMILES string of the molecule is CC(NC(=O)OCC1c2ccccc2-c2ccccc21)(C(=O)N[C@H]1CC[C@@H](C(=O)O)C1)C(F)(F)F. The Hall–Kier alpha value is -3.56. The first-order valence-corrected chi connectivity index (χ1v) is 11.2. The van der Waals surface area contributed by atoms with Crippen molar-refractivity contribution in [2.75, 3.05) is 6.61 Å². The van der Waals surface area contributed by atoms with Gasteiger partial charge in [-0.1, -0.05) is 48.5 Å². The molecule has 2 aromatic rings. The Balaban J connectivity index is 1.44. The number of carbonyl (C=O) groups excluding carboxylic acids is 2. The molecule has 2 amide bonds. The largest absolute Gasteiger partial charge is 0.481 e. The normalized spacial score (nSPS) is 20.9. The van der Waals surface area contributed by atoms with E-state index in [9.17, 15) is 27.6 Å². The molecule has 4 rings (SSSR count). The molecule has 10 heteroatoms. The standard InChI is InChI=1S/C25H25F3N2O5/c1-24(25(26,27)28,22(33)29-15-11-10-14(12-15)21(31)32)30-23(34)35-13-20-18-8-4-2-6-16(18)17-7-3-5-9-19(17)20/h2-9,14-15,20H,10-13H2,1H3,(H,29,33)(H,30,34)(H,31,32)/t14-,15+,24?/m1/s1. The molecule has 2 aliphatic rings. The minimum absolute atomic E-state index is 0.0277. The van der Waals surface area contributed by atoms with Crippen molar-refractivity contribution in [1.82, 2.24) is 10.6 Å². The molecule has 1 fully saturated rings. The van der Waals surface area contributed by atoms with Crippen LogP contribution in [0.2, 0.25) is 0 Å². The fourth-order valence-electron chi connectivity index (χ4n) is 4.76. The molecule has 3 N–H and O–H groups in total. The number of rotatable bonds is 6. The fraction of sp³-hybridized carbons (Fsp3) is 0.400. The van der Waals surface area contributed by atoms with E-state index in [0.29, 0.717) is 6.92 Å². The van der Waals surface area contributed by atoms with E-state index in [2.05, 4.69) is 5.32 Å². The number of hydrogen-bond acceptors (Lipinski definition) is 4. The Labute approximate surface area is 199 Å². The van der Waals surface area contributed by atoms with Crippen molar-refractivity contribution in [2.24, 2.45) is 5.92 Å². The van der Waals surface area contributed by atoms with Crippen LogP contribution in [0, 0.1) is 5.92 Å². The first-order chi connectivity index (χ1) is 16.5. The summed E-state index contributed by atoms with van der Waals surface area (Å²) in [4.78, 5) is 36.2. The third-order valence-electron chi connectivity index (χ3n) is 6.83. The molecule has 0 bridgehead atoms. The third kappa shape index (κ3) is 4.69. The van der Waals surface area contributed by atoms with E-state index in [0.717, 1.165) is 22.3 Å². The molecule has 0 aromatic heterocycles. The number of nitrogens with one attached hydrogen (secondary N) is 2. The van der Waals surface area contributed by atoms with Gasteiger partial charge in [0.1, 0.15) is 6.61 Å². The van der Waals surface area contributed by atoms with Crippen LogP contribution in [-0.4, -0.2) is 47.4 Å². The minimum Gasteiger partial charge on any atom is -0.481 e. The predicted molar refractivity (Wildman–Crippen MR) is 120 cm³/mol. The fourth-order valence-corrected chi connectivity index (χ4v) is 4.76. The quantitative estimate of drug-likeness (QED) is 0.563. The second-order valence-corrected chi connectivity index (χ2v) is 9.09. The molecule has 35 heavy (non-hydrogen) atoms. The van der Waals surface area contributed by atoms with Crippen LogP contribution in [0.4, 0.5) is 18.0 Å². The zero-order valence-corrected chi connectivity index (χ0v) is 18.9. The molecule has 0 heterocycles. The number of amides is 2. The lowest BCUT2D eigenvalue weighted by Gasteiger charge is -2.32. The van der Waals surface area contributed by atoms with Gasteiger partial charge in [0.15, 0.2) is 0 Å². The van der Waals surface area contributed by atoms with Gasteiger partial charge in [0.2, 0.25) is 5.54 Å². The van der Waals surface area contributed by atoms with Crippen molar-refractivity contribution in [3.05, 3.63) is 59.7 Å². The van der Waals surface area contributed by atoms with Crippen molar-refractivity contribution in [2.45, 2.75) is 49.9 Å². The number of alkyl carbamates (subject to hydrolysis) is 1. The van der Waals surface area contributed by atoms with Crippen LogP contribution in [-0.2, 0) is 14.3 Å². The van der Waals surface area contributed by atoms with E-state index in [1.165, 1.54) is 0 Å². The second kappa shape index (κ2) is 9.24. The lowest BCUT2D eigenvalue weighted by molar-refractivity contribution is -0.194. The monoisotopic (exact) mass is 490 g/mol. The molecule has 1 saturated carbocycles. The number of benzene rings is 2. The van der Waals surface area contributed by atoms with Crippen molar-refractivity contribution >= 4 is 18.0 Å². The van der Waals surface area contributed by atoms with Gasteiger partial charge < -0.3 is 15.2 Å². The Bertz CT molecular complexity index is 1110. The zero-order valence-electron chi connectivity index (χ0n) is 18.9. The summed E-state index contributed by atoms with van der Waals surface area (Å²) in [6.45, 7) is 0.353. The van der Waals surface area contributed by atoms with Gasteiger partial charge in [0.05, 0.1) is 5.92 Å². The number of hydrogen-bond donors (Lipinski definition) is 3. The van der Waals surface area contributed by atoms with Gasteiger partial charge in [-0.15, -0.1) is 0 Å². The average molecular weight is 490 g/mol. The van der Waals surface area contributed by atoms with E-state index >= 15 is 0 Å². The van der Waals surface area contributed by atoms with Crippen LogP contribution in [0.5, 0.6) is 0 Å². The highest BCUT2D eigenvalue weighted by atomic mass is 19.4. The number of aliphatic carboxylic acids is 1. The number of carboxylic acids is 1. The number of fused-ring (bicyclic) bond motifs is 3. The summed E-state index contributed by atoms with van der Waals surface area (Å²) < 4.78 is 46.9. The summed E-state index contributed by atoms with van der Waals surface area (Å²) in [5, 5.41) is 13.0. The van der Waals surface area contributed by atoms with Gasteiger partial charge in [0.25, 0.3) is 5.91 Å². The van der Waals surface area contributed by atoms with Crippen molar-refractivity contribution in [3.8, 4) is 11.1 Å². The predicted octanol–water partition coefficient (Wildman–Crippen LogP) is 4.22. The lowest BCUT2D eigenvalue weighted by Crippen LogP contribution is -2.66. The molecule has 0 radical (unpaired) electrons. The van der Waals surface area contributed by atoms with Crippen molar-refractivity contribution in [3.63, 3.8) is 0 Å². The molecule has 7 nitrogen and oxygen atoms in total. The molecule has 0 spiro atoms. The van der Waals surface area contributed by atoms with Crippen LogP contribution >= 0.6 is 0 Å². The zero-order chi connectivity index (χ0) is 25.4. The van der Waals surface area contributed by atoms with Gasteiger partial charge in [-0.25, -0.2) is 4.79 Å². The Morgan fingerprint density at radius 2 is 1.57 bits per heavy atom. The number of halogens is 3. The summed E-state index contributed by atoms with van der Waals surface area (Å²) in [6, 6.07) is 14.3. The highest BCUT2D eigenvalue weighted by Crippen LogP contribution is 2.44. The van der Waals surface area contributed by atoms with Crippen molar-refractivity contribution in [1.29, 1.82) is 0 Å². The number of alkyl halides is 3. The topological polar surface area (TPSA) is 105 Å². The van der Waals surface area contributed by atoms with Gasteiger partial charge in [-0.05, 0) is 48.4 Å². The molecule has 1 unspecified atom stereocenters. The third-order valence-corrected chi connectivity index (χ3v) is 6.83.